The van der Waals surface area contributed by atoms with Gasteiger partial charge in [0.1, 0.15) is 4.88 Å². The second-order valence-electron chi connectivity index (χ2n) is 6.67. The van der Waals surface area contributed by atoms with Crippen molar-refractivity contribution in [3.63, 3.8) is 0 Å². The van der Waals surface area contributed by atoms with Crippen molar-refractivity contribution in [2.75, 3.05) is 7.05 Å². The highest BCUT2D eigenvalue weighted by molar-refractivity contribution is 7.14. The lowest BCUT2D eigenvalue weighted by Gasteiger charge is -2.17. The van der Waals surface area contributed by atoms with Crippen LogP contribution < -0.4 is 10.6 Å². The van der Waals surface area contributed by atoms with Crippen molar-refractivity contribution < 1.29 is 19.1 Å². The van der Waals surface area contributed by atoms with Crippen LogP contribution in [0.5, 0.6) is 0 Å². The zero-order valence-corrected chi connectivity index (χ0v) is 16.1. The third-order valence-corrected chi connectivity index (χ3v) is 5.78. The minimum atomic E-state index is -1.20. The zero-order chi connectivity index (χ0) is 19.4. The minimum Gasteiger partial charge on any atom is -0.443 e. The lowest BCUT2D eigenvalue weighted by Crippen LogP contribution is -2.41. The van der Waals surface area contributed by atoms with Gasteiger partial charge in [-0.3, -0.25) is 10.1 Å². The Morgan fingerprint density at radius 1 is 1.22 bits per heavy atom. The van der Waals surface area contributed by atoms with E-state index in [4.69, 9.17) is 4.74 Å². The van der Waals surface area contributed by atoms with Crippen LogP contribution >= 0.6 is 11.3 Å². The topological polar surface area (TPSA) is 84.5 Å². The van der Waals surface area contributed by atoms with Crippen LogP contribution in [-0.4, -0.2) is 25.0 Å². The summed E-state index contributed by atoms with van der Waals surface area (Å²) >= 11 is 1.43. The first-order valence-electron chi connectivity index (χ1n) is 8.88. The van der Waals surface area contributed by atoms with Gasteiger partial charge in [0.05, 0.1) is 0 Å². The van der Waals surface area contributed by atoms with Crippen LogP contribution in [0, 0.1) is 5.92 Å². The highest BCUT2D eigenvalue weighted by Crippen LogP contribution is 2.33. The number of hydrogen-bond acceptors (Lipinski definition) is 5. The van der Waals surface area contributed by atoms with Crippen molar-refractivity contribution in [2.45, 2.75) is 32.3 Å². The standard InChI is InChI=1S/C20H22N2O4S/c1-12-8-9-15-14(10-12)11-16(27-15)19(24)26-17(13-6-4-3-5-7-13)18(23)22-20(25)21-2/h3-7,11-12,17H,8-10H2,1-2H3,(H2,21,22,23,25)/t12-,17-/m1/s1. The predicted octanol–water partition coefficient (Wildman–Crippen LogP) is 3.23. The summed E-state index contributed by atoms with van der Waals surface area (Å²) in [4.78, 5) is 38.4. The Morgan fingerprint density at radius 2 is 1.96 bits per heavy atom. The molecule has 2 aromatic rings. The van der Waals surface area contributed by atoms with Crippen molar-refractivity contribution in [3.05, 3.63) is 57.3 Å². The molecule has 0 fully saturated rings. The van der Waals surface area contributed by atoms with Crippen LogP contribution in [0.25, 0.3) is 0 Å². The average Bonchev–Trinajstić information content (AvgIpc) is 3.09. The van der Waals surface area contributed by atoms with Gasteiger partial charge in [0, 0.05) is 17.5 Å². The molecule has 1 heterocycles. The molecule has 0 saturated heterocycles. The molecule has 1 aliphatic rings. The maximum absolute atomic E-state index is 12.7. The molecule has 0 aliphatic heterocycles. The molecule has 1 aliphatic carbocycles. The smallest absolute Gasteiger partial charge is 0.349 e. The third kappa shape index (κ3) is 4.54. The van der Waals surface area contributed by atoms with E-state index in [0.29, 0.717) is 16.4 Å². The summed E-state index contributed by atoms with van der Waals surface area (Å²) in [6, 6.07) is 9.87. The van der Waals surface area contributed by atoms with E-state index in [9.17, 15) is 14.4 Å². The molecule has 2 atom stereocenters. The largest absolute Gasteiger partial charge is 0.443 e. The van der Waals surface area contributed by atoms with Crippen LogP contribution in [0.3, 0.4) is 0 Å². The molecule has 27 heavy (non-hydrogen) atoms. The molecule has 7 heteroatoms. The first-order valence-corrected chi connectivity index (χ1v) is 9.69. The number of thiophene rings is 1. The molecule has 1 aromatic heterocycles. The molecule has 1 aromatic carbocycles. The Labute approximate surface area is 161 Å². The highest BCUT2D eigenvalue weighted by Gasteiger charge is 2.28. The number of benzene rings is 1. The Hall–Kier alpha value is -2.67. The molecular weight excluding hydrogens is 364 g/mol. The number of esters is 1. The average molecular weight is 386 g/mol. The molecule has 3 rings (SSSR count). The number of nitrogens with one attached hydrogen (secondary N) is 2. The van der Waals surface area contributed by atoms with E-state index in [0.717, 1.165) is 19.3 Å². The fraction of sp³-hybridized carbons (Fsp3) is 0.350. The van der Waals surface area contributed by atoms with Crippen molar-refractivity contribution in [3.8, 4) is 0 Å². The lowest BCUT2D eigenvalue weighted by molar-refractivity contribution is -0.129. The fourth-order valence-electron chi connectivity index (χ4n) is 3.11. The molecule has 142 valence electrons. The number of rotatable bonds is 4. The fourth-order valence-corrected chi connectivity index (χ4v) is 4.20. The van der Waals surface area contributed by atoms with Gasteiger partial charge in [0.25, 0.3) is 5.91 Å². The first-order chi connectivity index (χ1) is 13.0. The van der Waals surface area contributed by atoms with E-state index < -0.39 is 24.0 Å². The number of hydrogen-bond donors (Lipinski definition) is 2. The van der Waals surface area contributed by atoms with Crippen LogP contribution in [0.1, 0.15) is 45.1 Å². The van der Waals surface area contributed by atoms with E-state index in [1.807, 2.05) is 6.07 Å². The molecule has 0 saturated carbocycles. The molecule has 0 bridgehead atoms. The van der Waals surface area contributed by atoms with Gasteiger partial charge in [-0.2, -0.15) is 0 Å². The normalized spacial score (nSPS) is 16.7. The van der Waals surface area contributed by atoms with E-state index in [-0.39, 0.29) is 0 Å². The van der Waals surface area contributed by atoms with E-state index in [1.54, 1.807) is 30.3 Å². The second-order valence-corrected chi connectivity index (χ2v) is 7.81. The molecular formula is C20H22N2O4S. The van der Waals surface area contributed by atoms with Crippen molar-refractivity contribution in [1.29, 1.82) is 0 Å². The number of carbonyl (C=O) groups excluding carboxylic acids is 3. The number of fused-ring (bicyclic) bond motifs is 1. The minimum absolute atomic E-state index is 0.489. The SMILES string of the molecule is CNC(=O)NC(=O)[C@H](OC(=O)c1cc2c(s1)CC[C@@H](C)C2)c1ccccc1. The first kappa shape index (κ1) is 19.1. The maximum atomic E-state index is 12.7. The van der Waals surface area contributed by atoms with Crippen LogP contribution in [0.2, 0.25) is 0 Å². The Morgan fingerprint density at radius 3 is 2.67 bits per heavy atom. The Kier molecular flexibility index (Phi) is 5.91. The van der Waals surface area contributed by atoms with Gasteiger partial charge in [0.2, 0.25) is 6.10 Å². The van der Waals surface area contributed by atoms with Gasteiger partial charge >= 0.3 is 12.0 Å². The molecule has 0 spiro atoms. The summed E-state index contributed by atoms with van der Waals surface area (Å²) in [7, 11) is 1.41. The summed E-state index contributed by atoms with van der Waals surface area (Å²) in [5.41, 5.74) is 1.69. The molecule has 0 radical (unpaired) electrons. The molecule has 0 unspecified atom stereocenters. The summed E-state index contributed by atoms with van der Waals surface area (Å²) in [6.07, 6.45) is 1.84. The Balaban J connectivity index is 1.80. The summed E-state index contributed by atoms with van der Waals surface area (Å²) in [6.45, 7) is 2.20. The van der Waals surface area contributed by atoms with Gasteiger partial charge < -0.3 is 10.1 Å². The quantitative estimate of drug-likeness (QED) is 0.790. The maximum Gasteiger partial charge on any atom is 0.349 e. The molecule has 3 amide bonds. The Bertz CT molecular complexity index is 847. The molecule has 6 nitrogen and oxygen atoms in total. The van der Waals surface area contributed by atoms with Crippen LogP contribution in [0.4, 0.5) is 4.79 Å². The number of aryl methyl sites for hydroxylation is 1. The van der Waals surface area contributed by atoms with Crippen molar-refractivity contribution >= 4 is 29.2 Å². The number of urea groups is 1. The van der Waals surface area contributed by atoms with Gasteiger partial charge in [-0.15, -0.1) is 11.3 Å². The van der Waals surface area contributed by atoms with Gasteiger partial charge in [-0.25, -0.2) is 9.59 Å². The van der Waals surface area contributed by atoms with Crippen LogP contribution in [-0.2, 0) is 22.4 Å². The van der Waals surface area contributed by atoms with Crippen molar-refractivity contribution in [2.24, 2.45) is 5.92 Å². The van der Waals surface area contributed by atoms with Crippen molar-refractivity contribution in [1.82, 2.24) is 10.6 Å². The predicted molar refractivity (Wildman–Crippen MR) is 103 cm³/mol. The third-order valence-electron chi connectivity index (χ3n) is 4.56. The zero-order valence-electron chi connectivity index (χ0n) is 15.3. The van der Waals surface area contributed by atoms with Gasteiger partial charge in [-0.1, -0.05) is 37.3 Å². The summed E-state index contributed by atoms with van der Waals surface area (Å²) in [5, 5.41) is 4.49. The highest BCUT2D eigenvalue weighted by atomic mass is 32.1. The van der Waals surface area contributed by atoms with E-state index >= 15 is 0 Å². The number of ether oxygens (including phenoxy) is 1. The van der Waals surface area contributed by atoms with E-state index in [1.165, 1.54) is 28.8 Å². The summed E-state index contributed by atoms with van der Waals surface area (Å²) < 4.78 is 5.51. The second kappa shape index (κ2) is 8.35. The van der Waals surface area contributed by atoms with Gasteiger partial charge in [-0.05, 0) is 36.8 Å². The van der Waals surface area contributed by atoms with E-state index in [2.05, 4.69) is 17.6 Å². The van der Waals surface area contributed by atoms with Crippen LogP contribution in [0.15, 0.2) is 36.4 Å². The number of imide groups is 1. The summed E-state index contributed by atoms with van der Waals surface area (Å²) in [5.74, 6) is -0.641. The number of carbonyl (C=O) groups is 3. The number of amides is 3. The monoisotopic (exact) mass is 386 g/mol. The lowest BCUT2D eigenvalue weighted by atomic mass is 9.90. The van der Waals surface area contributed by atoms with Gasteiger partial charge in [0.15, 0.2) is 0 Å². The molecule has 2 N–H and O–H groups in total.